The van der Waals surface area contributed by atoms with Gasteiger partial charge >= 0.3 is 5.97 Å². The number of carbonyl (C=O) groups excluding carboxylic acids is 2. The second kappa shape index (κ2) is 5.85. The molecule has 0 heterocycles. The van der Waals surface area contributed by atoms with E-state index in [2.05, 4.69) is 4.74 Å². The quantitative estimate of drug-likeness (QED) is 0.565. The SMILES string of the molecule is CCOC(=O)COc1c(F)cccc1C=O. The summed E-state index contributed by atoms with van der Waals surface area (Å²) in [6, 6.07) is 3.93. The topological polar surface area (TPSA) is 52.6 Å². The van der Waals surface area contributed by atoms with Crippen LogP contribution in [0.1, 0.15) is 17.3 Å². The van der Waals surface area contributed by atoms with E-state index >= 15 is 0 Å². The van der Waals surface area contributed by atoms with Crippen molar-refractivity contribution in [2.75, 3.05) is 13.2 Å². The molecule has 0 saturated carbocycles. The highest BCUT2D eigenvalue weighted by Gasteiger charge is 2.11. The summed E-state index contributed by atoms with van der Waals surface area (Å²) in [5.74, 6) is -1.53. The summed E-state index contributed by atoms with van der Waals surface area (Å²) in [5.41, 5.74) is 0.0595. The van der Waals surface area contributed by atoms with Gasteiger partial charge in [-0.15, -0.1) is 0 Å². The summed E-state index contributed by atoms with van der Waals surface area (Å²) in [7, 11) is 0. The van der Waals surface area contributed by atoms with Crippen LogP contribution in [0.4, 0.5) is 4.39 Å². The average molecular weight is 226 g/mol. The van der Waals surface area contributed by atoms with Crippen molar-refractivity contribution in [3.05, 3.63) is 29.6 Å². The Morgan fingerprint density at radius 2 is 2.25 bits per heavy atom. The van der Waals surface area contributed by atoms with Crippen LogP contribution in [0.3, 0.4) is 0 Å². The molecule has 1 aromatic rings. The fourth-order valence-corrected chi connectivity index (χ4v) is 1.10. The summed E-state index contributed by atoms with van der Waals surface area (Å²) in [4.78, 5) is 21.6. The molecule has 0 radical (unpaired) electrons. The Kier molecular flexibility index (Phi) is 4.44. The number of carbonyl (C=O) groups is 2. The zero-order valence-electron chi connectivity index (χ0n) is 8.73. The van der Waals surface area contributed by atoms with Crippen LogP contribution < -0.4 is 4.74 Å². The van der Waals surface area contributed by atoms with Gasteiger partial charge in [-0.05, 0) is 19.1 Å². The Morgan fingerprint density at radius 3 is 2.88 bits per heavy atom. The fraction of sp³-hybridized carbons (Fsp3) is 0.273. The van der Waals surface area contributed by atoms with Crippen molar-refractivity contribution < 1.29 is 23.5 Å². The fourth-order valence-electron chi connectivity index (χ4n) is 1.10. The number of hydrogen-bond donors (Lipinski definition) is 0. The smallest absolute Gasteiger partial charge is 0.344 e. The molecular formula is C11H11FO4. The van der Waals surface area contributed by atoms with E-state index in [-0.39, 0.29) is 17.9 Å². The van der Waals surface area contributed by atoms with E-state index in [1.807, 2.05) is 0 Å². The predicted octanol–water partition coefficient (Wildman–Crippen LogP) is 1.58. The van der Waals surface area contributed by atoms with E-state index in [0.717, 1.165) is 6.07 Å². The molecule has 0 aliphatic rings. The second-order valence-electron chi connectivity index (χ2n) is 2.87. The normalized spacial score (nSPS) is 9.62. The number of benzene rings is 1. The van der Waals surface area contributed by atoms with Gasteiger partial charge in [-0.2, -0.15) is 0 Å². The van der Waals surface area contributed by atoms with Crippen molar-refractivity contribution in [2.24, 2.45) is 0 Å². The van der Waals surface area contributed by atoms with Crippen LogP contribution >= 0.6 is 0 Å². The van der Waals surface area contributed by atoms with E-state index in [0.29, 0.717) is 6.29 Å². The molecule has 4 nitrogen and oxygen atoms in total. The molecule has 0 aliphatic carbocycles. The van der Waals surface area contributed by atoms with Crippen LogP contribution in [0, 0.1) is 5.82 Å². The lowest BCUT2D eigenvalue weighted by Gasteiger charge is -2.08. The molecule has 0 spiro atoms. The zero-order valence-corrected chi connectivity index (χ0v) is 8.73. The Bertz CT molecular complexity index is 390. The van der Waals surface area contributed by atoms with Crippen LogP contribution in [0.15, 0.2) is 18.2 Å². The summed E-state index contributed by atoms with van der Waals surface area (Å²) < 4.78 is 22.7. The molecule has 16 heavy (non-hydrogen) atoms. The van der Waals surface area contributed by atoms with Gasteiger partial charge in [-0.25, -0.2) is 9.18 Å². The Hall–Kier alpha value is -1.91. The number of ether oxygens (including phenoxy) is 2. The Balaban J connectivity index is 2.72. The van der Waals surface area contributed by atoms with E-state index in [9.17, 15) is 14.0 Å². The third-order valence-electron chi connectivity index (χ3n) is 1.76. The summed E-state index contributed by atoms with van der Waals surface area (Å²) in [6.07, 6.45) is 0.462. The van der Waals surface area contributed by atoms with Crippen LogP contribution in [0.5, 0.6) is 5.75 Å². The first-order valence-corrected chi connectivity index (χ1v) is 4.71. The van der Waals surface area contributed by atoms with E-state index in [1.54, 1.807) is 6.92 Å². The first-order chi connectivity index (χ1) is 7.69. The number of halogens is 1. The van der Waals surface area contributed by atoms with E-state index < -0.39 is 18.4 Å². The lowest BCUT2D eigenvalue weighted by molar-refractivity contribution is -0.145. The molecular weight excluding hydrogens is 215 g/mol. The van der Waals surface area contributed by atoms with Gasteiger partial charge in [0.05, 0.1) is 12.2 Å². The molecule has 1 aromatic carbocycles. The zero-order chi connectivity index (χ0) is 12.0. The van der Waals surface area contributed by atoms with Gasteiger partial charge in [0.15, 0.2) is 24.5 Å². The summed E-state index contributed by atoms with van der Waals surface area (Å²) in [6.45, 7) is 1.45. The number of aldehydes is 1. The highest BCUT2D eigenvalue weighted by molar-refractivity contribution is 5.79. The number of esters is 1. The van der Waals surface area contributed by atoms with Crippen molar-refractivity contribution in [1.82, 2.24) is 0 Å². The third-order valence-corrected chi connectivity index (χ3v) is 1.76. The van der Waals surface area contributed by atoms with Gasteiger partial charge in [-0.1, -0.05) is 6.07 Å². The molecule has 0 aliphatic heterocycles. The van der Waals surface area contributed by atoms with Crippen molar-refractivity contribution in [3.8, 4) is 5.75 Å². The molecule has 0 N–H and O–H groups in total. The minimum Gasteiger partial charge on any atom is -0.478 e. The maximum absolute atomic E-state index is 13.2. The molecule has 86 valence electrons. The minimum atomic E-state index is -0.686. The van der Waals surface area contributed by atoms with Gasteiger partial charge in [0, 0.05) is 0 Å². The lowest BCUT2D eigenvalue weighted by atomic mass is 10.2. The number of para-hydroxylation sites is 1. The average Bonchev–Trinajstić information content (AvgIpc) is 2.27. The first-order valence-electron chi connectivity index (χ1n) is 4.71. The van der Waals surface area contributed by atoms with Crippen LogP contribution in [-0.2, 0) is 9.53 Å². The molecule has 0 bridgehead atoms. The Morgan fingerprint density at radius 1 is 1.50 bits per heavy atom. The van der Waals surface area contributed by atoms with Gasteiger partial charge in [-0.3, -0.25) is 4.79 Å². The van der Waals surface area contributed by atoms with Gasteiger partial charge < -0.3 is 9.47 Å². The van der Waals surface area contributed by atoms with E-state index in [4.69, 9.17) is 4.74 Å². The van der Waals surface area contributed by atoms with Crippen molar-refractivity contribution >= 4 is 12.3 Å². The maximum atomic E-state index is 13.2. The highest BCUT2D eigenvalue weighted by Crippen LogP contribution is 2.20. The predicted molar refractivity (Wildman–Crippen MR) is 53.9 cm³/mol. The van der Waals surface area contributed by atoms with Crippen molar-refractivity contribution in [1.29, 1.82) is 0 Å². The standard InChI is InChI=1S/C11H11FO4/c1-2-15-10(14)7-16-11-8(6-13)4-3-5-9(11)12/h3-6H,2,7H2,1H3. The maximum Gasteiger partial charge on any atom is 0.344 e. The van der Waals surface area contributed by atoms with Crippen molar-refractivity contribution in [2.45, 2.75) is 6.92 Å². The molecule has 0 atom stereocenters. The van der Waals surface area contributed by atoms with E-state index in [1.165, 1.54) is 12.1 Å². The van der Waals surface area contributed by atoms with Crippen LogP contribution in [0.2, 0.25) is 0 Å². The molecule has 0 saturated heterocycles. The number of hydrogen-bond acceptors (Lipinski definition) is 4. The monoisotopic (exact) mass is 226 g/mol. The largest absolute Gasteiger partial charge is 0.478 e. The molecule has 0 unspecified atom stereocenters. The first kappa shape index (κ1) is 12.2. The number of rotatable bonds is 5. The van der Waals surface area contributed by atoms with Crippen molar-refractivity contribution in [3.63, 3.8) is 0 Å². The third kappa shape index (κ3) is 3.05. The second-order valence-corrected chi connectivity index (χ2v) is 2.87. The van der Waals surface area contributed by atoms with Gasteiger partial charge in [0.2, 0.25) is 0 Å². The van der Waals surface area contributed by atoms with Gasteiger partial charge in [0.1, 0.15) is 0 Å². The lowest BCUT2D eigenvalue weighted by Crippen LogP contribution is -2.15. The van der Waals surface area contributed by atoms with Crippen LogP contribution in [-0.4, -0.2) is 25.5 Å². The highest BCUT2D eigenvalue weighted by atomic mass is 19.1. The molecule has 1 rings (SSSR count). The molecule has 0 amide bonds. The van der Waals surface area contributed by atoms with Crippen LogP contribution in [0.25, 0.3) is 0 Å². The van der Waals surface area contributed by atoms with Gasteiger partial charge in [0.25, 0.3) is 0 Å². The molecule has 0 aromatic heterocycles. The summed E-state index contributed by atoms with van der Waals surface area (Å²) >= 11 is 0. The Labute approximate surface area is 92.0 Å². The summed E-state index contributed by atoms with van der Waals surface area (Å²) in [5, 5.41) is 0. The molecule has 0 fully saturated rings. The minimum absolute atomic E-state index is 0.0595. The molecule has 5 heteroatoms.